The van der Waals surface area contributed by atoms with Crippen LogP contribution in [0.2, 0.25) is 0 Å². The molecule has 0 saturated carbocycles. The Hall–Kier alpha value is -1.66. The van der Waals surface area contributed by atoms with Crippen LogP contribution in [0.25, 0.3) is 0 Å². The predicted molar refractivity (Wildman–Crippen MR) is 75.9 cm³/mol. The highest BCUT2D eigenvalue weighted by Gasteiger charge is 2.34. The summed E-state index contributed by atoms with van der Waals surface area (Å²) in [5, 5.41) is 23.4. The number of ether oxygens (including phenoxy) is 1. The van der Waals surface area contributed by atoms with Crippen LogP contribution in [-0.4, -0.2) is 36.4 Å². The molecule has 20 heavy (non-hydrogen) atoms. The molecule has 1 heterocycles. The number of benzene rings is 1. The molecular weight excluding hydrogens is 260 g/mol. The monoisotopic (exact) mass is 280 g/mol. The van der Waals surface area contributed by atoms with Gasteiger partial charge in [0.1, 0.15) is 5.69 Å². The summed E-state index contributed by atoms with van der Waals surface area (Å²) < 4.78 is 5.41. The topological polar surface area (TPSA) is 84.6 Å². The Morgan fingerprint density at radius 1 is 1.55 bits per heavy atom. The number of aryl methyl sites for hydroxylation is 1. The zero-order valence-electron chi connectivity index (χ0n) is 11.6. The maximum absolute atomic E-state index is 11.1. The third-order valence-corrected chi connectivity index (χ3v) is 3.83. The fraction of sp³-hybridized carbons (Fsp3) is 0.571. The van der Waals surface area contributed by atoms with E-state index in [0.717, 1.165) is 12.0 Å². The van der Waals surface area contributed by atoms with E-state index in [-0.39, 0.29) is 22.6 Å². The van der Waals surface area contributed by atoms with Gasteiger partial charge in [0.25, 0.3) is 5.69 Å². The Morgan fingerprint density at radius 3 is 2.95 bits per heavy atom. The molecule has 1 aromatic rings. The van der Waals surface area contributed by atoms with Crippen LogP contribution in [0.1, 0.15) is 18.4 Å². The SMILES string of the molecule is Cc1ccc(NCC2(CCO)CCOC2)c([N+](=O)[O-])c1. The second-order valence-corrected chi connectivity index (χ2v) is 5.41. The molecule has 0 amide bonds. The van der Waals surface area contributed by atoms with Gasteiger partial charge in [0.15, 0.2) is 0 Å². The van der Waals surface area contributed by atoms with E-state index in [4.69, 9.17) is 4.74 Å². The lowest BCUT2D eigenvalue weighted by Crippen LogP contribution is -2.31. The maximum Gasteiger partial charge on any atom is 0.292 e. The molecule has 2 N–H and O–H groups in total. The second-order valence-electron chi connectivity index (χ2n) is 5.41. The Morgan fingerprint density at radius 2 is 2.35 bits per heavy atom. The smallest absolute Gasteiger partial charge is 0.292 e. The minimum absolute atomic E-state index is 0.0862. The van der Waals surface area contributed by atoms with E-state index < -0.39 is 0 Å². The van der Waals surface area contributed by atoms with Crippen LogP contribution >= 0.6 is 0 Å². The molecule has 1 atom stereocenters. The molecule has 0 aliphatic carbocycles. The van der Waals surface area contributed by atoms with Crippen LogP contribution in [0.15, 0.2) is 18.2 Å². The largest absolute Gasteiger partial charge is 0.396 e. The first kappa shape index (κ1) is 14.7. The average Bonchev–Trinajstić information content (AvgIpc) is 2.86. The molecule has 1 fully saturated rings. The lowest BCUT2D eigenvalue weighted by Gasteiger charge is -2.27. The molecule has 110 valence electrons. The molecule has 0 spiro atoms. The molecular formula is C14H20N2O4. The normalized spacial score (nSPS) is 21.9. The molecule has 0 radical (unpaired) electrons. The molecule has 1 aliphatic heterocycles. The Bertz CT molecular complexity index is 484. The summed E-state index contributed by atoms with van der Waals surface area (Å²) in [5.74, 6) is 0. The number of hydrogen-bond acceptors (Lipinski definition) is 5. The van der Waals surface area contributed by atoms with Crippen molar-refractivity contribution in [2.75, 3.05) is 31.7 Å². The number of nitro benzene ring substituents is 1. The van der Waals surface area contributed by atoms with E-state index in [2.05, 4.69) is 5.32 Å². The Kier molecular flexibility index (Phi) is 4.57. The van der Waals surface area contributed by atoms with Gasteiger partial charge in [-0.1, -0.05) is 6.07 Å². The minimum Gasteiger partial charge on any atom is -0.396 e. The van der Waals surface area contributed by atoms with Gasteiger partial charge < -0.3 is 15.2 Å². The fourth-order valence-electron chi connectivity index (χ4n) is 2.54. The number of aliphatic hydroxyl groups is 1. The number of rotatable bonds is 6. The van der Waals surface area contributed by atoms with Gasteiger partial charge in [0.2, 0.25) is 0 Å². The molecule has 1 unspecified atom stereocenters. The molecule has 1 saturated heterocycles. The van der Waals surface area contributed by atoms with Crippen LogP contribution < -0.4 is 5.32 Å². The molecule has 0 bridgehead atoms. The highest BCUT2D eigenvalue weighted by Crippen LogP contribution is 2.34. The van der Waals surface area contributed by atoms with Gasteiger partial charge in [-0.2, -0.15) is 0 Å². The molecule has 1 aromatic carbocycles. The van der Waals surface area contributed by atoms with Crippen molar-refractivity contribution < 1.29 is 14.8 Å². The summed E-state index contributed by atoms with van der Waals surface area (Å²) in [5.41, 5.74) is 1.33. The van der Waals surface area contributed by atoms with Crippen LogP contribution in [0.5, 0.6) is 0 Å². The summed E-state index contributed by atoms with van der Waals surface area (Å²) in [6, 6.07) is 5.14. The van der Waals surface area contributed by atoms with Gasteiger partial charge in [-0.15, -0.1) is 0 Å². The summed E-state index contributed by atoms with van der Waals surface area (Å²) in [4.78, 5) is 10.7. The number of hydrogen-bond donors (Lipinski definition) is 2. The maximum atomic E-state index is 11.1. The van der Waals surface area contributed by atoms with Crippen molar-refractivity contribution in [3.05, 3.63) is 33.9 Å². The van der Waals surface area contributed by atoms with E-state index in [1.165, 1.54) is 0 Å². The molecule has 1 aliphatic rings. The van der Waals surface area contributed by atoms with E-state index in [9.17, 15) is 15.2 Å². The summed E-state index contributed by atoms with van der Waals surface area (Å²) in [6.45, 7) is 3.76. The number of aliphatic hydroxyl groups excluding tert-OH is 1. The lowest BCUT2D eigenvalue weighted by molar-refractivity contribution is -0.384. The minimum atomic E-state index is -0.376. The van der Waals surface area contributed by atoms with Crippen molar-refractivity contribution in [3.63, 3.8) is 0 Å². The quantitative estimate of drug-likeness (QED) is 0.615. The molecule has 2 rings (SSSR count). The van der Waals surface area contributed by atoms with E-state index >= 15 is 0 Å². The zero-order chi connectivity index (χ0) is 14.6. The molecule has 6 nitrogen and oxygen atoms in total. The molecule has 6 heteroatoms. The third-order valence-electron chi connectivity index (χ3n) is 3.83. The van der Waals surface area contributed by atoms with Crippen molar-refractivity contribution in [2.45, 2.75) is 19.8 Å². The van der Waals surface area contributed by atoms with E-state index in [1.54, 1.807) is 12.1 Å². The first-order valence-corrected chi connectivity index (χ1v) is 6.74. The summed E-state index contributed by atoms with van der Waals surface area (Å²) in [6.07, 6.45) is 1.50. The fourth-order valence-corrected chi connectivity index (χ4v) is 2.54. The van der Waals surface area contributed by atoms with Crippen LogP contribution in [0, 0.1) is 22.5 Å². The number of nitro groups is 1. The van der Waals surface area contributed by atoms with Crippen LogP contribution in [0.3, 0.4) is 0 Å². The van der Waals surface area contributed by atoms with Crippen molar-refractivity contribution in [2.24, 2.45) is 5.41 Å². The van der Waals surface area contributed by atoms with Gasteiger partial charge in [-0.25, -0.2) is 0 Å². The van der Waals surface area contributed by atoms with E-state index in [0.29, 0.717) is 31.9 Å². The van der Waals surface area contributed by atoms with Crippen molar-refractivity contribution in [1.82, 2.24) is 0 Å². The Labute approximate surface area is 117 Å². The van der Waals surface area contributed by atoms with Crippen molar-refractivity contribution in [1.29, 1.82) is 0 Å². The number of nitrogens with one attached hydrogen (secondary N) is 1. The Balaban J connectivity index is 2.12. The zero-order valence-corrected chi connectivity index (χ0v) is 11.6. The van der Waals surface area contributed by atoms with Gasteiger partial charge in [-0.05, 0) is 31.4 Å². The third kappa shape index (κ3) is 3.26. The van der Waals surface area contributed by atoms with Crippen molar-refractivity contribution in [3.8, 4) is 0 Å². The first-order valence-electron chi connectivity index (χ1n) is 6.74. The van der Waals surface area contributed by atoms with Gasteiger partial charge in [0.05, 0.1) is 11.5 Å². The van der Waals surface area contributed by atoms with Crippen LogP contribution in [-0.2, 0) is 4.74 Å². The van der Waals surface area contributed by atoms with Gasteiger partial charge >= 0.3 is 0 Å². The summed E-state index contributed by atoms with van der Waals surface area (Å²) in [7, 11) is 0. The first-order chi connectivity index (χ1) is 9.56. The van der Waals surface area contributed by atoms with Gasteiger partial charge in [-0.3, -0.25) is 10.1 Å². The standard InChI is InChI=1S/C14H20N2O4/c1-11-2-3-12(13(8-11)16(18)19)15-9-14(4-6-17)5-7-20-10-14/h2-3,8,15,17H,4-7,9-10H2,1H3. The van der Waals surface area contributed by atoms with Crippen molar-refractivity contribution >= 4 is 11.4 Å². The number of nitrogens with zero attached hydrogens (tertiary/aromatic N) is 1. The van der Waals surface area contributed by atoms with Crippen LogP contribution in [0.4, 0.5) is 11.4 Å². The molecule has 0 aromatic heterocycles. The summed E-state index contributed by atoms with van der Waals surface area (Å²) >= 11 is 0. The number of anilines is 1. The highest BCUT2D eigenvalue weighted by molar-refractivity contribution is 5.62. The predicted octanol–water partition coefficient (Wildman–Crippen LogP) is 2.10. The lowest BCUT2D eigenvalue weighted by atomic mass is 9.84. The van der Waals surface area contributed by atoms with Gasteiger partial charge in [0, 0.05) is 31.2 Å². The van der Waals surface area contributed by atoms with E-state index in [1.807, 2.05) is 13.0 Å². The second kappa shape index (κ2) is 6.19. The highest BCUT2D eigenvalue weighted by atomic mass is 16.6. The average molecular weight is 280 g/mol.